The summed E-state index contributed by atoms with van der Waals surface area (Å²) < 4.78 is 34.9. The van der Waals surface area contributed by atoms with Crippen LogP contribution in [0.2, 0.25) is 0 Å². The van der Waals surface area contributed by atoms with Crippen LogP contribution in [0.25, 0.3) is 0 Å². The van der Waals surface area contributed by atoms with Gasteiger partial charge in [0.25, 0.3) is 5.92 Å². The van der Waals surface area contributed by atoms with Crippen LogP contribution in [0.15, 0.2) is 48.6 Å². The van der Waals surface area contributed by atoms with E-state index in [0.717, 1.165) is 24.8 Å². The summed E-state index contributed by atoms with van der Waals surface area (Å²) >= 11 is 0. The van der Waals surface area contributed by atoms with Gasteiger partial charge in [-0.1, -0.05) is 73.9 Å². The number of hydrogen-bond donors (Lipinski definition) is 4. The van der Waals surface area contributed by atoms with Gasteiger partial charge in [0.15, 0.2) is 0 Å². The van der Waals surface area contributed by atoms with Gasteiger partial charge in [-0.2, -0.15) is 8.78 Å². The van der Waals surface area contributed by atoms with Gasteiger partial charge in [-0.25, -0.2) is 0 Å². The second-order valence-corrected chi connectivity index (χ2v) is 8.25. The molecule has 0 radical (unpaired) electrons. The number of aryl methyl sites for hydroxylation is 1. The Morgan fingerprint density at radius 3 is 2.68 bits per heavy atom. The smallest absolute Gasteiger partial charge is 0.296 e. The van der Waals surface area contributed by atoms with E-state index in [9.17, 15) is 24.1 Å². The molecule has 0 saturated carbocycles. The van der Waals surface area contributed by atoms with E-state index in [1.54, 1.807) is 37.3 Å². The highest BCUT2D eigenvalue weighted by Crippen LogP contribution is 2.32. The maximum atomic E-state index is 14.7. The molecule has 0 aliphatic heterocycles. The number of benzene rings is 1. The normalized spacial score (nSPS) is 23.1. The number of nitrogens with one attached hydrogen (secondary N) is 1. The van der Waals surface area contributed by atoms with Crippen LogP contribution >= 0.6 is 0 Å². The van der Waals surface area contributed by atoms with Gasteiger partial charge >= 0.3 is 0 Å². The lowest BCUT2D eigenvalue weighted by atomic mass is 9.75. The minimum absolute atomic E-state index is 0.0252. The van der Waals surface area contributed by atoms with Crippen molar-refractivity contribution in [3.63, 3.8) is 0 Å². The highest BCUT2D eigenvalue weighted by molar-refractivity contribution is 5.26. The van der Waals surface area contributed by atoms with Crippen molar-refractivity contribution in [3.05, 3.63) is 59.7 Å². The van der Waals surface area contributed by atoms with E-state index in [2.05, 4.69) is 5.32 Å². The largest absolute Gasteiger partial charge is 0.395 e. The summed E-state index contributed by atoms with van der Waals surface area (Å²) in [5.41, 5.74) is -0.594. The van der Waals surface area contributed by atoms with Gasteiger partial charge in [0.2, 0.25) is 0 Å². The van der Waals surface area contributed by atoms with Crippen LogP contribution in [-0.2, 0) is 10.7 Å². The third kappa shape index (κ3) is 6.92. The molecule has 2 rings (SSSR count). The zero-order valence-corrected chi connectivity index (χ0v) is 18.3. The van der Waals surface area contributed by atoms with Crippen LogP contribution in [0.5, 0.6) is 0 Å². The fraction of sp³-hybridized carbons (Fsp3) is 0.583. The van der Waals surface area contributed by atoms with E-state index in [-0.39, 0.29) is 12.1 Å². The van der Waals surface area contributed by atoms with Crippen molar-refractivity contribution in [1.29, 1.82) is 0 Å². The summed E-state index contributed by atoms with van der Waals surface area (Å²) in [6, 6.07) is 6.19. The third-order valence-electron chi connectivity index (χ3n) is 5.77. The molecule has 0 saturated heterocycles. The summed E-state index contributed by atoms with van der Waals surface area (Å²) in [4.78, 5) is 0. The monoisotopic (exact) mass is 439 g/mol. The molecule has 1 aromatic carbocycles. The minimum Gasteiger partial charge on any atom is -0.395 e. The van der Waals surface area contributed by atoms with Crippen molar-refractivity contribution >= 4 is 0 Å². The number of alkyl halides is 2. The fourth-order valence-corrected chi connectivity index (χ4v) is 3.66. The Kier molecular flexibility index (Phi) is 9.78. The maximum absolute atomic E-state index is 14.7. The number of rotatable bonds is 13. The van der Waals surface area contributed by atoms with E-state index in [0.29, 0.717) is 6.42 Å². The van der Waals surface area contributed by atoms with Crippen LogP contribution in [0, 0.1) is 12.3 Å². The second-order valence-electron chi connectivity index (χ2n) is 8.25. The Bertz CT molecular complexity index is 740. The van der Waals surface area contributed by atoms with Gasteiger partial charge in [0, 0.05) is 12.1 Å². The first kappa shape index (κ1) is 25.6. The molecule has 0 bridgehead atoms. The van der Waals surface area contributed by atoms with Gasteiger partial charge in [0.1, 0.15) is 12.8 Å². The Hall–Kier alpha value is -1.64. The molecule has 174 valence electrons. The van der Waals surface area contributed by atoms with Gasteiger partial charge < -0.3 is 20.1 Å². The molecule has 5 nitrogen and oxygen atoms in total. The molecular weight excluding hydrogens is 404 g/mol. The lowest BCUT2D eigenvalue weighted by Gasteiger charge is -2.38. The zero-order chi connectivity index (χ0) is 22.9. The highest BCUT2D eigenvalue weighted by Gasteiger charge is 2.42. The van der Waals surface area contributed by atoms with Crippen molar-refractivity contribution in [2.75, 3.05) is 19.8 Å². The standard InChI is InChI=1S/C24H35F2NO4/c1-3-4-5-12-22(31-17-24(25,26)19-10-8-9-18(2)14-19)27-15-21(30)23(16-28)13-7-6-11-20(23)29/h6-11,13-14,20-22,27-30H,3-5,12,15-17H2,1-2H3. The lowest BCUT2D eigenvalue weighted by molar-refractivity contribution is -0.118. The quantitative estimate of drug-likeness (QED) is 0.280. The first-order valence-electron chi connectivity index (χ1n) is 10.9. The zero-order valence-electron chi connectivity index (χ0n) is 18.3. The number of unbranched alkanes of at least 4 members (excludes halogenated alkanes) is 2. The maximum Gasteiger partial charge on any atom is 0.296 e. The molecule has 0 aromatic heterocycles. The van der Waals surface area contributed by atoms with Gasteiger partial charge in [0.05, 0.1) is 24.2 Å². The molecule has 31 heavy (non-hydrogen) atoms. The predicted octanol–water partition coefficient (Wildman–Crippen LogP) is 3.43. The van der Waals surface area contributed by atoms with Crippen molar-refractivity contribution in [3.8, 4) is 0 Å². The minimum atomic E-state index is -3.14. The second kappa shape index (κ2) is 11.8. The Morgan fingerprint density at radius 2 is 2.03 bits per heavy atom. The number of aliphatic hydroxyl groups excluding tert-OH is 3. The van der Waals surface area contributed by atoms with Crippen molar-refractivity contribution in [2.24, 2.45) is 5.41 Å². The summed E-state index contributed by atoms with van der Waals surface area (Å²) in [5, 5.41) is 33.8. The van der Waals surface area contributed by atoms with Gasteiger partial charge in [-0.05, 0) is 19.8 Å². The Morgan fingerprint density at radius 1 is 1.26 bits per heavy atom. The van der Waals surface area contributed by atoms with Crippen molar-refractivity contribution in [2.45, 2.75) is 63.9 Å². The molecule has 0 fully saturated rings. The molecular formula is C24H35F2NO4. The third-order valence-corrected chi connectivity index (χ3v) is 5.77. The van der Waals surface area contributed by atoms with Crippen molar-refractivity contribution in [1.82, 2.24) is 5.32 Å². The van der Waals surface area contributed by atoms with Crippen molar-refractivity contribution < 1.29 is 28.8 Å². The fourth-order valence-electron chi connectivity index (χ4n) is 3.66. The number of aliphatic hydroxyl groups is 3. The van der Waals surface area contributed by atoms with Crippen LogP contribution in [0.3, 0.4) is 0 Å². The number of halogens is 2. The van der Waals surface area contributed by atoms with Gasteiger partial charge in [-0.15, -0.1) is 0 Å². The molecule has 0 heterocycles. The number of ether oxygens (including phenoxy) is 1. The molecule has 1 aliphatic carbocycles. The Labute approximate surface area is 183 Å². The molecule has 0 spiro atoms. The summed E-state index contributed by atoms with van der Waals surface area (Å²) in [6.07, 6.45) is 6.70. The van der Waals surface area contributed by atoms with E-state index in [1.807, 2.05) is 6.92 Å². The lowest BCUT2D eigenvalue weighted by Crippen LogP contribution is -2.52. The summed E-state index contributed by atoms with van der Waals surface area (Å²) in [6.45, 7) is 2.55. The SMILES string of the molecule is CCCCCC(NCC(O)C1(CO)C=CC=CC1O)OCC(F)(F)c1cccc(C)c1. The molecule has 1 aliphatic rings. The molecule has 4 atom stereocenters. The van der Waals surface area contributed by atoms with Gasteiger partial charge in [-0.3, -0.25) is 5.32 Å². The van der Waals surface area contributed by atoms with E-state index in [4.69, 9.17) is 4.74 Å². The average Bonchev–Trinajstić information content (AvgIpc) is 2.75. The molecule has 7 heteroatoms. The Balaban J connectivity index is 2.01. The van der Waals surface area contributed by atoms with E-state index in [1.165, 1.54) is 18.2 Å². The summed E-state index contributed by atoms with van der Waals surface area (Å²) in [7, 11) is 0. The van der Waals surface area contributed by atoms with Crippen LogP contribution in [-0.4, -0.2) is 53.5 Å². The molecule has 0 amide bonds. The number of hydrogen-bond acceptors (Lipinski definition) is 5. The number of allylic oxidation sites excluding steroid dienone is 2. The van der Waals surface area contributed by atoms with E-state index >= 15 is 0 Å². The van der Waals surface area contributed by atoms with Crippen LogP contribution < -0.4 is 5.32 Å². The molecule has 4 unspecified atom stereocenters. The van der Waals surface area contributed by atoms with Crippen LogP contribution in [0.4, 0.5) is 8.78 Å². The van der Waals surface area contributed by atoms with E-state index < -0.39 is 43.0 Å². The predicted molar refractivity (Wildman–Crippen MR) is 117 cm³/mol. The van der Waals surface area contributed by atoms with Crippen LogP contribution in [0.1, 0.15) is 43.7 Å². The summed E-state index contributed by atoms with van der Waals surface area (Å²) in [5.74, 6) is -3.14. The topological polar surface area (TPSA) is 82.0 Å². The first-order chi connectivity index (χ1) is 14.7. The molecule has 1 aromatic rings. The average molecular weight is 440 g/mol. The first-order valence-corrected chi connectivity index (χ1v) is 10.9. The highest BCUT2D eigenvalue weighted by atomic mass is 19.3. The molecule has 4 N–H and O–H groups in total.